The number of sulfonamides is 1. The molecule has 0 aromatic heterocycles. The maximum Gasteiger partial charge on any atom is 0.265 e. The molecule has 7 heteroatoms. The number of nitrogens with one attached hydrogen (secondary N) is 2. The third-order valence-electron chi connectivity index (χ3n) is 5.08. The Morgan fingerprint density at radius 1 is 0.938 bits per heavy atom. The number of hydrogen-bond acceptors (Lipinski definition) is 4. The Hall–Kier alpha value is -3.32. The van der Waals surface area contributed by atoms with Crippen LogP contribution in [0.4, 0.5) is 11.4 Å². The van der Waals surface area contributed by atoms with Gasteiger partial charge in [-0.3, -0.25) is 9.52 Å². The number of aryl methyl sites for hydroxylation is 3. The molecule has 0 spiro atoms. The van der Waals surface area contributed by atoms with Crippen molar-refractivity contribution in [1.29, 1.82) is 0 Å². The average molecular weight is 453 g/mol. The molecule has 32 heavy (non-hydrogen) atoms. The minimum absolute atomic E-state index is 0.110. The van der Waals surface area contributed by atoms with Gasteiger partial charge in [0.15, 0.2) is 6.10 Å². The highest BCUT2D eigenvalue weighted by atomic mass is 32.2. The molecule has 1 amide bonds. The van der Waals surface area contributed by atoms with Gasteiger partial charge in [-0.05, 0) is 74.7 Å². The number of para-hydroxylation sites is 1. The van der Waals surface area contributed by atoms with Crippen molar-refractivity contribution in [3.8, 4) is 5.75 Å². The lowest BCUT2D eigenvalue weighted by Crippen LogP contribution is -2.32. The van der Waals surface area contributed by atoms with E-state index in [-0.39, 0.29) is 10.8 Å². The lowest BCUT2D eigenvalue weighted by atomic mass is 10.1. The number of carbonyl (C=O) groups excluding carboxylic acids is 1. The normalized spacial score (nSPS) is 12.1. The fourth-order valence-corrected chi connectivity index (χ4v) is 4.37. The first-order valence-electron chi connectivity index (χ1n) is 10.4. The van der Waals surface area contributed by atoms with Crippen LogP contribution in [0, 0.1) is 20.8 Å². The van der Waals surface area contributed by atoms with Crippen molar-refractivity contribution < 1.29 is 17.9 Å². The topological polar surface area (TPSA) is 84.5 Å². The van der Waals surface area contributed by atoms with Crippen molar-refractivity contribution in [2.24, 2.45) is 0 Å². The van der Waals surface area contributed by atoms with Gasteiger partial charge in [-0.25, -0.2) is 8.42 Å². The SMILES string of the molecule is CCC(Oc1ccccc1C)C(=O)Nc1ccc(S(=O)(=O)Nc2ccc(C)cc2C)cc1. The number of benzene rings is 3. The molecule has 0 heterocycles. The zero-order valence-corrected chi connectivity index (χ0v) is 19.5. The molecule has 0 radical (unpaired) electrons. The molecule has 1 unspecified atom stereocenters. The van der Waals surface area contributed by atoms with Crippen LogP contribution in [0.3, 0.4) is 0 Å². The fraction of sp³-hybridized carbons (Fsp3) is 0.240. The second kappa shape index (κ2) is 9.87. The maximum absolute atomic E-state index is 12.7. The molecular weight excluding hydrogens is 424 g/mol. The van der Waals surface area contributed by atoms with Gasteiger partial charge in [0.25, 0.3) is 15.9 Å². The highest BCUT2D eigenvalue weighted by Gasteiger charge is 2.20. The fourth-order valence-electron chi connectivity index (χ4n) is 3.24. The van der Waals surface area contributed by atoms with E-state index in [4.69, 9.17) is 4.74 Å². The summed E-state index contributed by atoms with van der Waals surface area (Å²) in [5, 5.41) is 2.80. The second-order valence-corrected chi connectivity index (χ2v) is 9.40. The van der Waals surface area contributed by atoms with E-state index in [1.807, 2.05) is 64.1 Å². The Labute approximate surface area is 189 Å². The lowest BCUT2D eigenvalue weighted by Gasteiger charge is -2.18. The van der Waals surface area contributed by atoms with Crippen molar-refractivity contribution >= 4 is 27.3 Å². The molecule has 3 rings (SSSR count). The summed E-state index contributed by atoms with van der Waals surface area (Å²) >= 11 is 0. The maximum atomic E-state index is 12.7. The molecular formula is C25H28N2O4S. The third-order valence-corrected chi connectivity index (χ3v) is 6.47. The third kappa shape index (κ3) is 5.68. The standard InChI is InChI=1S/C25H28N2O4S/c1-5-23(31-24-9-7-6-8-18(24)3)25(28)26-20-11-13-21(14-12-20)32(29,30)27-22-15-10-17(2)16-19(22)4/h6-16,23,27H,5H2,1-4H3,(H,26,28). The number of anilines is 2. The zero-order valence-electron chi connectivity index (χ0n) is 18.7. The molecule has 3 aromatic carbocycles. The van der Waals surface area contributed by atoms with E-state index in [2.05, 4.69) is 10.0 Å². The van der Waals surface area contributed by atoms with E-state index in [1.54, 1.807) is 18.2 Å². The van der Waals surface area contributed by atoms with Crippen molar-refractivity contribution in [3.63, 3.8) is 0 Å². The molecule has 6 nitrogen and oxygen atoms in total. The number of rotatable bonds is 8. The Balaban J connectivity index is 1.69. The summed E-state index contributed by atoms with van der Waals surface area (Å²) in [6, 6.07) is 19.1. The van der Waals surface area contributed by atoms with Gasteiger partial charge in [-0.15, -0.1) is 0 Å². The van der Waals surface area contributed by atoms with Crippen LogP contribution in [-0.4, -0.2) is 20.4 Å². The second-order valence-electron chi connectivity index (χ2n) is 7.72. The van der Waals surface area contributed by atoms with Crippen LogP contribution in [0.2, 0.25) is 0 Å². The average Bonchev–Trinajstić information content (AvgIpc) is 2.75. The van der Waals surface area contributed by atoms with E-state index in [1.165, 1.54) is 12.1 Å². The Morgan fingerprint density at radius 2 is 1.62 bits per heavy atom. The van der Waals surface area contributed by atoms with Gasteiger partial charge < -0.3 is 10.1 Å². The number of ether oxygens (including phenoxy) is 1. The van der Waals surface area contributed by atoms with E-state index >= 15 is 0 Å². The molecule has 0 saturated heterocycles. The van der Waals surface area contributed by atoms with Crippen LogP contribution in [0.15, 0.2) is 71.6 Å². The summed E-state index contributed by atoms with van der Waals surface area (Å²) in [4.78, 5) is 12.8. The lowest BCUT2D eigenvalue weighted by molar-refractivity contribution is -0.122. The molecule has 168 valence electrons. The van der Waals surface area contributed by atoms with Gasteiger partial charge >= 0.3 is 0 Å². The van der Waals surface area contributed by atoms with E-state index in [9.17, 15) is 13.2 Å². The molecule has 2 N–H and O–H groups in total. The number of hydrogen-bond donors (Lipinski definition) is 2. The van der Waals surface area contributed by atoms with Gasteiger partial charge in [0.05, 0.1) is 10.6 Å². The van der Waals surface area contributed by atoms with Gasteiger partial charge in [-0.1, -0.05) is 42.8 Å². The van der Waals surface area contributed by atoms with Crippen molar-refractivity contribution in [2.75, 3.05) is 10.0 Å². The molecule has 0 aliphatic heterocycles. The number of carbonyl (C=O) groups is 1. The van der Waals surface area contributed by atoms with Crippen LogP contribution >= 0.6 is 0 Å². The van der Waals surface area contributed by atoms with Gasteiger partial charge in [0.1, 0.15) is 5.75 Å². The molecule has 0 aliphatic rings. The summed E-state index contributed by atoms with van der Waals surface area (Å²) in [6.07, 6.45) is -0.169. The molecule has 3 aromatic rings. The van der Waals surface area contributed by atoms with Gasteiger partial charge in [0.2, 0.25) is 0 Å². The monoisotopic (exact) mass is 452 g/mol. The van der Waals surface area contributed by atoms with E-state index < -0.39 is 16.1 Å². The smallest absolute Gasteiger partial charge is 0.265 e. The van der Waals surface area contributed by atoms with E-state index in [0.717, 1.165) is 16.7 Å². The molecule has 0 saturated carbocycles. The van der Waals surface area contributed by atoms with E-state index in [0.29, 0.717) is 23.5 Å². The van der Waals surface area contributed by atoms with Crippen LogP contribution in [0.1, 0.15) is 30.0 Å². The highest BCUT2D eigenvalue weighted by Crippen LogP contribution is 2.23. The Bertz CT molecular complexity index is 1200. The minimum Gasteiger partial charge on any atom is -0.480 e. The van der Waals surface area contributed by atoms with Gasteiger partial charge in [-0.2, -0.15) is 0 Å². The number of amides is 1. The zero-order chi connectivity index (χ0) is 23.3. The summed E-state index contributed by atoms with van der Waals surface area (Å²) in [6.45, 7) is 7.60. The minimum atomic E-state index is -3.75. The van der Waals surface area contributed by atoms with Crippen LogP contribution in [0.25, 0.3) is 0 Å². The summed E-state index contributed by atoms with van der Waals surface area (Å²) in [7, 11) is -3.75. The predicted octanol–water partition coefficient (Wildman–Crippen LogP) is 5.21. The largest absolute Gasteiger partial charge is 0.480 e. The first kappa shape index (κ1) is 23.3. The first-order chi connectivity index (χ1) is 15.2. The molecule has 0 bridgehead atoms. The van der Waals surface area contributed by atoms with Crippen LogP contribution in [-0.2, 0) is 14.8 Å². The van der Waals surface area contributed by atoms with Crippen molar-refractivity contribution in [2.45, 2.75) is 45.1 Å². The highest BCUT2D eigenvalue weighted by molar-refractivity contribution is 7.92. The Morgan fingerprint density at radius 3 is 2.25 bits per heavy atom. The van der Waals surface area contributed by atoms with Crippen molar-refractivity contribution in [3.05, 3.63) is 83.4 Å². The van der Waals surface area contributed by atoms with Crippen molar-refractivity contribution in [1.82, 2.24) is 0 Å². The first-order valence-corrected chi connectivity index (χ1v) is 11.9. The summed E-state index contributed by atoms with van der Waals surface area (Å²) in [5.74, 6) is 0.369. The predicted molar refractivity (Wildman–Crippen MR) is 128 cm³/mol. The summed E-state index contributed by atoms with van der Waals surface area (Å²) in [5.41, 5.74) is 3.88. The van der Waals surface area contributed by atoms with Gasteiger partial charge in [0, 0.05) is 5.69 Å². The quantitative estimate of drug-likeness (QED) is 0.491. The molecule has 1 atom stereocenters. The Kier molecular flexibility index (Phi) is 7.20. The van der Waals surface area contributed by atoms with Crippen LogP contribution < -0.4 is 14.8 Å². The summed E-state index contributed by atoms with van der Waals surface area (Å²) < 4.78 is 34.0. The molecule has 0 aliphatic carbocycles. The van der Waals surface area contributed by atoms with Crippen LogP contribution in [0.5, 0.6) is 5.75 Å². The molecule has 0 fully saturated rings.